The van der Waals surface area contributed by atoms with Crippen LogP contribution < -0.4 is 5.32 Å². The number of aromatic nitrogens is 6. The summed E-state index contributed by atoms with van der Waals surface area (Å²) in [6.07, 6.45) is 5.75. The average Bonchev–Trinajstić information content (AvgIpc) is 3.60. The van der Waals surface area contributed by atoms with Gasteiger partial charge in [0.05, 0.1) is 29.3 Å². The predicted octanol–water partition coefficient (Wildman–Crippen LogP) is 2.79. The molecule has 1 unspecified atom stereocenters. The van der Waals surface area contributed by atoms with Gasteiger partial charge in [-0.3, -0.25) is 9.48 Å². The number of hydrogen-bond acceptors (Lipinski definition) is 9. The van der Waals surface area contributed by atoms with Crippen LogP contribution in [0.2, 0.25) is 0 Å². The van der Waals surface area contributed by atoms with Crippen molar-refractivity contribution in [3.05, 3.63) is 60.2 Å². The summed E-state index contributed by atoms with van der Waals surface area (Å²) in [5.41, 5.74) is 1.57. The van der Waals surface area contributed by atoms with Gasteiger partial charge in [0.25, 0.3) is 5.91 Å². The molecule has 0 spiro atoms. The van der Waals surface area contributed by atoms with Crippen LogP contribution in [0.3, 0.4) is 0 Å². The van der Waals surface area contributed by atoms with E-state index in [1.807, 2.05) is 31.6 Å². The first kappa shape index (κ1) is 23.6. The van der Waals surface area contributed by atoms with E-state index in [4.69, 9.17) is 9.51 Å². The summed E-state index contributed by atoms with van der Waals surface area (Å²) in [6.45, 7) is 4.69. The van der Waals surface area contributed by atoms with E-state index in [1.165, 1.54) is 4.90 Å². The molecule has 186 valence electrons. The number of nitrogens with zero attached hydrogens (tertiary/aromatic N) is 7. The molecule has 0 radical (unpaired) electrons. The topological polar surface area (TPSA) is 135 Å². The molecule has 5 rings (SSSR count). The van der Waals surface area contributed by atoms with Gasteiger partial charge in [0.15, 0.2) is 5.76 Å². The highest BCUT2D eigenvalue weighted by molar-refractivity contribution is 5.87. The highest BCUT2D eigenvalue weighted by Gasteiger charge is 2.48. The quantitative estimate of drug-likeness (QED) is 0.402. The van der Waals surface area contributed by atoms with E-state index in [9.17, 15) is 9.90 Å². The van der Waals surface area contributed by atoms with Gasteiger partial charge in [-0.05, 0) is 24.1 Å². The summed E-state index contributed by atoms with van der Waals surface area (Å²) in [7, 11) is 3.53. The fraction of sp³-hybridized carbons (Fsp3) is 0.360. The van der Waals surface area contributed by atoms with E-state index >= 15 is 0 Å². The molecule has 36 heavy (non-hydrogen) atoms. The molecule has 1 fully saturated rings. The summed E-state index contributed by atoms with van der Waals surface area (Å²) in [4.78, 5) is 27.7. The number of likely N-dealkylation sites (tertiary alicyclic amines) is 1. The lowest BCUT2D eigenvalue weighted by molar-refractivity contribution is -0.144. The van der Waals surface area contributed by atoms with Crippen molar-refractivity contribution < 1.29 is 14.4 Å². The van der Waals surface area contributed by atoms with Gasteiger partial charge in [-0.25, -0.2) is 15.0 Å². The number of rotatable bonds is 7. The van der Waals surface area contributed by atoms with Gasteiger partial charge in [0.2, 0.25) is 11.5 Å². The van der Waals surface area contributed by atoms with Crippen LogP contribution in [0.4, 0.5) is 5.95 Å². The van der Waals surface area contributed by atoms with E-state index in [2.05, 4.69) is 39.4 Å². The first-order valence-electron chi connectivity index (χ1n) is 11.8. The third-order valence-electron chi connectivity index (χ3n) is 6.39. The van der Waals surface area contributed by atoms with Crippen LogP contribution in [-0.2, 0) is 17.4 Å². The minimum Gasteiger partial charge on any atom is -0.373 e. The van der Waals surface area contributed by atoms with Crippen molar-refractivity contribution in [3.63, 3.8) is 0 Å². The fourth-order valence-electron chi connectivity index (χ4n) is 4.34. The number of nitrogens with one attached hydrogen (secondary N) is 1. The van der Waals surface area contributed by atoms with Crippen molar-refractivity contribution >= 4 is 11.9 Å². The molecular weight excluding hydrogens is 460 g/mol. The van der Waals surface area contributed by atoms with Crippen LogP contribution in [0.5, 0.6) is 0 Å². The Kier molecular flexibility index (Phi) is 6.00. The van der Waals surface area contributed by atoms with Gasteiger partial charge in [0, 0.05) is 51.1 Å². The predicted molar refractivity (Wildman–Crippen MR) is 131 cm³/mol. The largest absolute Gasteiger partial charge is 0.373 e. The Hall–Kier alpha value is -4.12. The molecule has 5 heterocycles. The molecule has 1 saturated heterocycles. The average molecular weight is 489 g/mol. The first-order valence-corrected chi connectivity index (χ1v) is 11.8. The molecule has 0 bridgehead atoms. The Bertz CT molecular complexity index is 1400. The van der Waals surface area contributed by atoms with Crippen molar-refractivity contribution in [2.45, 2.75) is 31.9 Å². The third kappa shape index (κ3) is 4.33. The highest BCUT2D eigenvalue weighted by Crippen LogP contribution is 2.34. The highest BCUT2D eigenvalue weighted by atomic mass is 16.5. The lowest BCUT2D eigenvalue weighted by Crippen LogP contribution is -2.35. The Labute approximate surface area is 208 Å². The van der Waals surface area contributed by atoms with Crippen LogP contribution in [-0.4, -0.2) is 59.4 Å². The molecular formula is C25H28N8O3. The minimum atomic E-state index is -1.70. The number of anilines is 1. The molecule has 11 nitrogen and oxygen atoms in total. The number of likely N-dealkylation sites (N-methyl/N-ethyl adjacent to an activating group) is 1. The maximum atomic E-state index is 12.4. The molecule has 1 aliphatic heterocycles. The molecule has 2 atom stereocenters. The van der Waals surface area contributed by atoms with Gasteiger partial charge in [-0.2, -0.15) is 5.10 Å². The van der Waals surface area contributed by atoms with Crippen LogP contribution in [0.15, 0.2) is 53.4 Å². The van der Waals surface area contributed by atoms with Gasteiger partial charge >= 0.3 is 0 Å². The smallest absolute Gasteiger partial charge is 0.262 e. The van der Waals surface area contributed by atoms with Crippen LogP contribution in [0.25, 0.3) is 22.8 Å². The fourth-order valence-corrected chi connectivity index (χ4v) is 4.34. The first-order chi connectivity index (χ1) is 17.2. The monoisotopic (exact) mass is 488 g/mol. The van der Waals surface area contributed by atoms with E-state index in [0.29, 0.717) is 35.3 Å². The lowest BCUT2D eigenvalue weighted by atomic mass is 9.98. The molecule has 0 aliphatic carbocycles. The molecule has 11 heteroatoms. The van der Waals surface area contributed by atoms with Gasteiger partial charge in [-0.15, -0.1) is 0 Å². The number of carbonyl (C=O) groups is 1. The molecule has 2 N–H and O–H groups in total. The summed E-state index contributed by atoms with van der Waals surface area (Å²) in [5, 5.41) is 22.6. The Morgan fingerprint density at radius 2 is 1.86 bits per heavy atom. The normalized spacial score (nSPS) is 18.7. The molecule has 1 amide bonds. The number of pyridine rings is 1. The Morgan fingerprint density at radius 1 is 1.11 bits per heavy atom. The summed E-state index contributed by atoms with van der Waals surface area (Å²) in [5.74, 6) is 0.476. The molecule has 0 saturated carbocycles. The van der Waals surface area contributed by atoms with Crippen molar-refractivity contribution in [1.29, 1.82) is 0 Å². The number of aliphatic hydroxyl groups is 1. The van der Waals surface area contributed by atoms with E-state index in [0.717, 1.165) is 5.56 Å². The van der Waals surface area contributed by atoms with E-state index in [1.54, 1.807) is 36.1 Å². The van der Waals surface area contributed by atoms with Crippen LogP contribution >= 0.6 is 0 Å². The van der Waals surface area contributed by atoms with Crippen molar-refractivity contribution in [1.82, 2.24) is 34.8 Å². The second-order valence-corrected chi connectivity index (χ2v) is 9.40. The number of aryl methyl sites for hydroxylation is 1. The second kappa shape index (κ2) is 9.15. The molecule has 4 aromatic rings. The maximum absolute atomic E-state index is 12.4. The summed E-state index contributed by atoms with van der Waals surface area (Å²) < 4.78 is 7.14. The Balaban J connectivity index is 1.40. The summed E-state index contributed by atoms with van der Waals surface area (Å²) in [6, 6.07) is 8.82. The standard InChI is InChI=1S/C25H28N8O3/c1-15(2)22(16-13-27-33(4)14-16)30-24-26-10-8-19(29-24)17-6-5-7-18(28-17)20-12-21(36-31-20)25(35)9-11-32(3)23(25)34/h5-8,10,12-15,22,35H,9,11H2,1-4H3,(H,26,29,30)/t22?,25-/m1/s1. The summed E-state index contributed by atoms with van der Waals surface area (Å²) >= 11 is 0. The Morgan fingerprint density at radius 3 is 2.53 bits per heavy atom. The van der Waals surface area contributed by atoms with E-state index < -0.39 is 11.5 Å². The van der Waals surface area contributed by atoms with Crippen LogP contribution in [0, 0.1) is 5.92 Å². The van der Waals surface area contributed by atoms with Gasteiger partial charge in [0.1, 0.15) is 5.69 Å². The van der Waals surface area contributed by atoms with Gasteiger partial charge < -0.3 is 19.8 Å². The molecule has 0 aromatic carbocycles. The van der Waals surface area contributed by atoms with Crippen LogP contribution in [0.1, 0.15) is 37.6 Å². The number of carbonyl (C=O) groups excluding carboxylic acids is 1. The van der Waals surface area contributed by atoms with Crippen molar-refractivity contribution in [3.8, 4) is 22.8 Å². The zero-order valence-corrected chi connectivity index (χ0v) is 20.6. The number of hydrogen-bond donors (Lipinski definition) is 2. The molecule has 1 aliphatic rings. The van der Waals surface area contributed by atoms with Crippen molar-refractivity contribution in [2.75, 3.05) is 18.9 Å². The maximum Gasteiger partial charge on any atom is 0.262 e. The van der Waals surface area contributed by atoms with Gasteiger partial charge in [-0.1, -0.05) is 25.1 Å². The third-order valence-corrected chi connectivity index (χ3v) is 6.39. The second-order valence-electron chi connectivity index (χ2n) is 9.40. The zero-order chi connectivity index (χ0) is 25.4. The number of amides is 1. The van der Waals surface area contributed by atoms with Crippen molar-refractivity contribution in [2.24, 2.45) is 13.0 Å². The minimum absolute atomic E-state index is 0.00931. The van der Waals surface area contributed by atoms with E-state index in [-0.39, 0.29) is 24.1 Å². The zero-order valence-electron chi connectivity index (χ0n) is 20.6. The SMILES string of the molecule is CC(C)C(Nc1nccc(-c2cccc(-c3cc([C@]4(O)CCN(C)C4=O)on3)n2)n1)c1cnn(C)c1. The lowest BCUT2D eigenvalue weighted by Gasteiger charge is -2.21. The molecule has 4 aromatic heterocycles.